The number of thiocarbonyl (C=S) groups is 1. The third-order valence-corrected chi connectivity index (χ3v) is 7.99. The third kappa shape index (κ3) is 7.98. The molecular weight excluding hydrogens is 554 g/mol. The van der Waals surface area contributed by atoms with Crippen molar-refractivity contribution >= 4 is 46.4 Å². The Morgan fingerprint density at radius 3 is 2.24 bits per heavy atom. The van der Waals surface area contributed by atoms with Gasteiger partial charge < -0.3 is 30.3 Å². The van der Waals surface area contributed by atoms with Gasteiger partial charge in [0.2, 0.25) is 11.8 Å². The van der Waals surface area contributed by atoms with Crippen LogP contribution in [-0.4, -0.2) is 78.1 Å². The zero-order chi connectivity index (χ0) is 30.1. The van der Waals surface area contributed by atoms with E-state index in [0.717, 1.165) is 51.1 Å². The molecule has 2 aromatic carbocycles. The number of rotatable bonds is 14. The van der Waals surface area contributed by atoms with E-state index in [0.29, 0.717) is 42.0 Å². The number of nitrogens with zero attached hydrogens (tertiary/aromatic N) is 3. The molecule has 11 heteroatoms. The Hall–Kier alpha value is -3.70. The van der Waals surface area contributed by atoms with Crippen LogP contribution >= 0.6 is 12.2 Å². The Morgan fingerprint density at radius 1 is 0.976 bits per heavy atom. The number of hydrogen-bond acceptors (Lipinski definition) is 7. The summed E-state index contributed by atoms with van der Waals surface area (Å²) in [4.78, 5) is 44.1. The average molecular weight is 596 g/mol. The van der Waals surface area contributed by atoms with Crippen molar-refractivity contribution in [3.05, 3.63) is 48.5 Å². The van der Waals surface area contributed by atoms with E-state index in [1.165, 1.54) is 4.90 Å². The molecule has 2 saturated heterocycles. The van der Waals surface area contributed by atoms with Crippen molar-refractivity contribution in [2.24, 2.45) is 11.7 Å². The number of hydrogen-bond donors (Lipinski definition) is 2. The van der Waals surface area contributed by atoms with Gasteiger partial charge in [0.1, 0.15) is 17.5 Å². The number of nitrogens with two attached hydrogens (primary N) is 1. The predicted molar refractivity (Wildman–Crippen MR) is 167 cm³/mol. The summed E-state index contributed by atoms with van der Waals surface area (Å²) in [5.41, 5.74) is 6.74. The number of anilines is 2. The van der Waals surface area contributed by atoms with Crippen molar-refractivity contribution < 1.29 is 23.9 Å². The van der Waals surface area contributed by atoms with E-state index >= 15 is 0 Å². The number of carbonyl (C=O) groups is 3. The van der Waals surface area contributed by atoms with Gasteiger partial charge in [-0.25, -0.2) is 0 Å². The van der Waals surface area contributed by atoms with Gasteiger partial charge in [-0.05, 0) is 113 Å². The molecule has 226 valence electrons. The summed E-state index contributed by atoms with van der Waals surface area (Å²) in [7, 11) is 0. The van der Waals surface area contributed by atoms with Crippen LogP contribution in [-0.2, 0) is 14.4 Å². The van der Waals surface area contributed by atoms with Gasteiger partial charge in [-0.3, -0.25) is 19.3 Å². The molecule has 2 aliphatic heterocycles. The molecule has 0 unspecified atom stereocenters. The SMILES string of the molecule is CCCOc1ccc(NC(=O)C[C@@H]2C(=O)N(c3ccc(OCC)cc3)C(=S)N2CCCN2CCC(C(N)=O)CC2)cc1. The number of nitrogens with one attached hydrogen (secondary N) is 1. The minimum atomic E-state index is -0.725. The van der Waals surface area contributed by atoms with Gasteiger partial charge in [0.15, 0.2) is 5.11 Å². The minimum absolute atomic E-state index is 0.0371. The monoisotopic (exact) mass is 595 g/mol. The highest BCUT2D eigenvalue weighted by molar-refractivity contribution is 7.80. The number of carbonyl (C=O) groups excluding carboxylic acids is 3. The molecule has 2 aromatic rings. The lowest BCUT2D eigenvalue weighted by molar-refractivity contribution is -0.124. The van der Waals surface area contributed by atoms with Crippen molar-refractivity contribution in [2.45, 2.75) is 52.0 Å². The van der Waals surface area contributed by atoms with Crippen molar-refractivity contribution in [3.63, 3.8) is 0 Å². The second kappa shape index (κ2) is 15.0. The lowest BCUT2D eigenvalue weighted by atomic mass is 9.96. The van der Waals surface area contributed by atoms with E-state index in [-0.39, 0.29) is 30.1 Å². The first kappa shape index (κ1) is 31.2. The summed E-state index contributed by atoms with van der Waals surface area (Å²) in [5.74, 6) is 0.651. The number of benzene rings is 2. The van der Waals surface area contributed by atoms with Crippen LogP contribution in [0.15, 0.2) is 48.5 Å². The first-order chi connectivity index (χ1) is 20.3. The molecule has 3 amide bonds. The Labute approximate surface area is 253 Å². The van der Waals surface area contributed by atoms with Gasteiger partial charge in [0.25, 0.3) is 5.91 Å². The number of likely N-dealkylation sites (tertiary alicyclic amines) is 1. The Kier molecular flexibility index (Phi) is 11.1. The van der Waals surface area contributed by atoms with Crippen molar-refractivity contribution in [2.75, 3.05) is 49.6 Å². The highest BCUT2D eigenvalue weighted by Gasteiger charge is 2.44. The van der Waals surface area contributed by atoms with Gasteiger partial charge in [-0.1, -0.05) is 6.92 Å². The van der Waals surface area contributed by atoms with E-state index in [4.69, 9.17) is 27.4 Å². The van der Waals surface area contributed by atoms with E-state index in [1.807, 2.05) is 43.0 Å². The van der Waals surface area contributed by atoms with E-state index < -0.39 is 6.04 Å². The summed E-state index contributed by atoms with van der Waals surface area (Å²) in [6.07, 6.45) is 3.15. The van der Waals surface area contributed by atoms with Crippen LogP contribution in [0.25, 0.3) is 0 Å². The Morgan fingerprint density at radius 2 is 1.62 bits per heavy atom. The summed E-state index contributed by atoms with van der Waals surface area (Å²) >= 11 is 5.82. The summed E-state index contributed by atoms with van der Waals surface area (Å²) < 4.78 is 11.2. The molecule has 0 saturated carbocycles. The molecule has 1 atom stereocenters. The van der Waals surface area contributed by atoms with Crippen LogP contribution in [0.3, 0.4) is 0 Å². The molecule has 10 nitrogen and oxygen atoms in total. The molecule has 42 heavy (non-hydrogen) atoms. The number of amides is 3. The fourth-order valence-electron chi connectivity index (χ4n) is 5.33. The second-order valence-electron chi connectivity index (χ2n) is 10.6. The Balaban J connectivity index is 1.43. The molecule has 0 spiro atoms. The molecule has 0 aliphatic carbocycles. The molecule has 2 aliphatic rings. The third-order valence-electron chi connectivity index (χ3n) is 7.58. The fourth-order valence-corrected chi connectivity index (χ4v) is 5.74. The van der Waals surface area contributed by atoms with E-state index in [1.54, 1.807) is 24.3 Å². The lowest BCUT2D eigenvalue weighted by Gasteiger charge is -2.31. The molecule has 4 rings (SSSR count). The van der Waals surface area contributed by atoms with Gasteiger partial charge >= 0.3 is 0 Å². The topological polar surface area (TPSA) is 117 Å². The summed E-state index contributed by atoms with van der Waals surface area (Å²) in [6, 6.07) is 13.7. The maximum absolute atomic E-state index is 13.7. The first-order valence-corrected chi connectivity index (χ1v) is 15.1. The molecule has 2 heterocycles. The summed E-state index contributed by atoms with van der Waals surface area (Å²) in [6.45, 7) is 8.06. The molecule has 0 bridgehead atoms. The van der Waals surface area contributed by atoms with Gasteiger partial charge in [-0.2, -0.15) is 0 Å². The highest BCUT2D eigenvalue weighted by atomic mass is 32.1. The lowest BCUT2D eigenvalue weighted by Crippen LogP contribution is -2.41. The van der Waals surface area contributed by atoms with Crippen LogP contribution in [0.5, 0.6) is 11.5 Å². The van der Waals surface area contributed by atoms with Crippen LogP contribution in [0.1, 0.15) is 46.0 Å². The average Bonchev–Trinajstić information content (AvgIpc) is 3.21. The molecule has 0 aromatic heterocycles. The fraction of sp³-hybridized carbons (Fsp3) is 0.484. The van der Waals surface area contributed by atoms with Gasteiger partial charge in [0, 0.05) is 18.2 Å². The van der Waals surface area contributed by atoms with E-state index in [9.17, 15) is 14.4 Å². The number of primary amides is 1. The van der Waals surface area contributed by atoms with Crippen LogP contribution in [0.4, 0.5) is 11.4 Å². The molecular formula is C31H41N5O5S. The molecule has 3 N–H and O–H groups in total. The quantitative estimate of drug-likeness (QED) is 0.317. The normalized spacial score (nSPS) is 17.9. The maximum Gasteiger partial charge on any atom is 0.256 e. The van der Waals surface area contributed by atoms with E-state index in [2.05, 4.69) is 10.2 Å². The highest BCUT2D eigenvalue weighted by Crippen LogP contribution is 2.29. The van der Waals surface area contributed by atoms with Crippen LogP contribution in [0.2, 0.25) is 0 Å². The van der Waals surface area contributed by atoms with Gasteiger partial charge in [-0.15, -0.1) is 0 Å². The minimum Gasteiger partial charge on any atom is -0.494 e. The second-order valence-corrected chi connectivity index (χ2v) is 11.0. The van der Waals surface area contributed by atoms with Crippen molar-refractivity contribution in [1.82, 2.24) is 9.80 Å². The zero-order valence-electron chi connectivity index (χ0n) is 24.4. The van der Waals surface area contributed by atoms with Crippen LogP contribution < -0.4 is 25.4 Å². The number of ether oxygens (including phenoxy) is 2. The standard InChI is InChI=1S/C31H41N5O5S/c1-3-20-41-26-10-6-23(7-11-26)33-28(37)21-27-30(39)36(24-8-12-25(13-9-24)40-4-2)31(42)35(27)17-5-16-34-18-14-22(15-19-34)29(32)38/h6-13,22,27H,3-5,14-21H2,1-2H3,(H2,32,38)(H,33,37)/t27-/m1/s1. The largest absolute Gasteiger partial charge is 0.494 e. The zero-order valence-corrected chi connectivity index (χ0v) is 25.2. The number of piperidine rings is 1. The predicted octanol–water partition coefficient (Wildman–Crippen LogP) is 3.79. The maximum atomic E-state index is 13.7. The molecule has 0 radical (unpaired) electrons. The van der Waals surface area contributed by atoms with Crippen LogP contribution in [0, 0.1) is 5.92 Å². The summed E-state index contributed by atoms with van der Waals surface area (Å²) in [5, 5.41) is 3.29. The first-order valence-electron chi connectivity index (χ1n) is 14.7. The van der Waals surface area contributed by atoms with Crippen molar-refractivity contribution in [3.8, 4) is 11.5 Å². The van der Waals surface area contributed by atoms with Gasteiger partial charge in [0.05, 0.1) is 25.3 Å². The smallest absolute Gasteiger partial charge is 0.256 e. The molecule has 2 fully saturated rings. The van der Waals surface area contributed by atoms with Crippen molar-refractivity contribution in [1.29, 1.82) is 0 Å². The Bertz CT molecular complexity index is 1230.